The number of carboxylic acid groups (broad SMARTS) is 1. The maximum Gasteiger partial charge on any atom is 0.314 e. The van der Waals surface area contributed by atoms with Gasteiger partial charge in [0.15, 0.2) is 5.75 Å². The Labute approximate surface area is 183 Å². The number of aromatic hydroxyl groups is 2. The Morgan fingerprint density at radius 3 is 2.50 bits per heavy atom. The van der Waals surface area contributed by atoms with Gasteiger partial charge in [0.05, 0.1) is 17.8 Å². The zero-order chi connectivity index (χ0) is 23.8. The summed E-state index contributed by atoms with van der Waals surface area (Å²) in [5, 5.41) is 42.1. The monoisotopic (exact) mass is 438 g/mol. The number of nitro groups is 1. The number of carbonyl (C=O) groups excluding carboxylic acids is 1. The number of para-hydroxylation sites is 1. The predicted octanol–water partition coefficient (Wildman–Crippen LogP) is 4.18. The molecule has 0 aliphatic carbocycles. The normalized spacial score (nSPS) is 11.7. The van der Waals surface area contributed by atoms with Gasteiger partial charge in [0.2, 0.25) is 11.7 Å². The number of anilines is 1. The van der Waals surface area contributed by atoms with Crippen LogP contribution in [0, 0.1) is 10.1 Å². The molecule has 1 amide bonds. The van der Waals surface area contributed by atoms with Gasteiger partial charge in [-0.25, -0.2) is 0 Å². The summed E-state index contributed by atoms with van der Waals surface area (Å²) in [6, 6.07) is 8.91. The van der Waals surface area contributed by atoms with Crippen LogP contribution in [0.3, 0.4) is 0 Å². The molecule has 0 aromatic heterocycles. The summed E-state index contributed by atoms with van der Waals surface area (Å²) in [4.78, 5) is 33.8. The van der Waals surface area contributed by atoms with Crippen LogP contribution in [-0.2, 0) is 16.0 Å². The first-order valence-corrected chi connectivity index (χ1v) is 9.45. The minimum absolute atomic E-state index is 0.138. The Hall–Kier alpha value is -4.40. The van der Waals surface area contributed by atoms with Crippen LogP contribution < -0.4 is 5.32 Å². The summed E-state index contributed by atoms with van der Waals surface area (Å²) in [6.45, 7) is 5.48. The summed E-state index contributed by atoms with van der Waals surface area (Å²) in [5.41, 5.74) is 1.60. The Kier molecular flexibility index (Phi) is 7.89. The molecule has 0 saturated heterocycles. The summed E-state index contributed by atoms with van der Waals surface area (Å²) in [7, 11) is 0. The minimum atomic E-state index is -0.981. The number of aliphatic carboxylic acids is 1. The van der Waals surface area contributed by atoms with Gasteiger partial charge >= 0.3 is 11.7 Å². The summed E-state index contributed by atoms with van der Waals surface area (Å²) >= 11 is 0. The van der Waals surface area contributed by atoms with Crippen molar-refractivity contribution in [1.29, 1.82) is 0 Å². The average molecular weight is 438 g/mol. The van der Waals surface area contributed by atoms with Gasteiger partial charge in [0.1, 0.15) is 0 Å². The quantitative estimate of drug-likeness (QED) is 0.198. The number of hydrogen-bond acceptors (Lipinski definition) is 6. The maximum absolute atomic E-state index is 12.6. The molecular weight excluding hydrogens is 416 g/mol. The van der Waals surface area contributed by atoms with Gasteiger partial charge in [-0.15, -0.1) is 0 Å². The smallest absolute Gasteiger partial charge is 0.314 e. The zero-order valence-electron chi connectivity index (χ0n) is 17.2. The molecule has 0 saturated carbocycles. The fourth-order valence-electron chi connectivity index (χ4n) is 2.98. The topological polar surface area (TPSA) is 150 Å². The molecule has 0 aliphatic heterocycles. The van der Waals surface area contributed by atoms with Gasteiger partial charge in [-0.3, -0.25) is 19.7 Å². The highest BCUT2D eigenvalue weighted by Crippen LogP contribution is 2.36. The highest BCUT2D eigenvalue weighted by molar-refractivity contribution is 5.96. The van der Waals surface area contributed by atoms with Crippen LogP contribution in [0.15, 0.2) is 66.8 Å². The molecule has 0 aliphatic rings. The number of nitro benzene ring substituents is 1. The molecule has 9 heteroatoms. The van der Waals surface area contributed by atoms with Crippen LogP contribution in [-0.4, -0.2) is 32.1 Å². The number of phenols is 2. The molecule has 0 fully saturated rings. The largest absolute Gasteiger partial charge is 0.504 e. The second-order valence-corrected chi connectivity index (χ2v) is 6.75. The fourth-order valence-corrected chi connectivity index (χ4v) is 2.98. The lowest BCUT2D eigenvalue weighted by atomic mass is 9.99. The number of rotatable bonds is 9. The standard InChI is InChI=1S/C23H22N2O7/c1-3-14(13-22(28)29)9-16(4-2)17-7-5-6-8-18(17)24-21(27)12-15-10-19(25(31)32)23(30)20(26)11-15/h3-11,26,30H,2,12-13H2,1H3,(H,24,27)(H,28,29)/b14-3+,16-9+. The third-order valence-corrected chi connectivity index (χ3v) is 4.49. The van der Waals surface area contributed by atoms with Crippen molar-refractivity contribution < 1.29 is 29.8 Å². The minimum Gasteiger partial charge on any atom is -0.504 e. The van der Waals surface area contributed by atoms with Crippen molar-refractivity contribution in [1.82, 2.24) is 0 Å². The molecule has 2 aromatic rings. The van der Waals surface area contributed by atoms with E-state index in [9.17, 15) is 29.9 Å². The van der Waals surface area contributed by atoms with E-state index in [0.29, 0.717) is 22.4 Å². The third kappa shape index (κ3) is 6.05. The molecule has 0 radical (unpaired) electrons. The first-order valence-electron chi connectivity index (χ1n) is 9.45. The number of benzene rings is 2. The molecule has 4 N–H and O–H groups in total. The van der Waals surface area contributed by atoms with Gasteiger partial charge in [-0.05, 0) is 35.8 Å². The van der Waals surface area contributed by atoms with Crippen molar-refractivity contribution in [3.05, 3.63) is 88.0 Å². The Morgan fingerprint density at radius 1 is 1.22 bits per heavy atom. The fraction of sp³-hybridized carbons (Fsp3) is 0.130. The highest BCUT2D eigenvalue weighted by atomic mass is 16.6. The number of amides is 1. The number of carbonyl (C=O) groups is 2. The Bertz CT molecular complexity index is 1130. The summed E-state index contributed by atoms with van der Waals surface area (Å²) in [6.07, 6.45) is 4.40. The van der Waals surface area contributed by atoms with Gasteiger partial charge < -0.3 is 20.6 Å². The average Bonchev–Trinajstić information content (AvgIpc) is 2.73. The van der Waals surface area contributed by atoms with Gasteiger partial charge in [-0.2, -0.15) is 0 Å². The summed E-state index contributed by atoms with van der Waals surface area (Å²) < 4.78 is 0. The van der Waals surface area contributed by atoms with E-state index >= 15 is 0 Å². The SMILES string of the molecule is C=C/C(=C\C(=C/C)CC(=O)O)c1ccccc1NC(=O)Cc1cc(O)c(O)c([N+](=O)[O-])c1. The Balaban J connectivity index is 2.32. The molecular formula is C23H22N2O7. The molecule has 0 spiro atoms. The van der Waals surface area contributed by atoms with Crippen LogP contribution >= 0.6 is 0 Å². The lowest BCUT2D eigenvalue weighted by Gasteiger charge is -2.13. The van der Waals surface area contributed by atoms with E-state index in [1.807, 2.05) is 0 Å². The van der Waals surface area contributed by atoms with E-state index in [1.165, 1.54) is 6.08 Å². The molecule has 0 heterocycles. The first-order chi connectivity index (χ1) is 15.2. The second-order valence-electron chi connectivity index (χ2n) is 6.75. The van der Waals surface area contributed by atoms with E-state index in [2.05, 4.69) is 11.9 Å². The van der Waals surface area contributed by atoms with Crippen LogP contribution in [0.2, 0.25) is 0 Å². The van der Waals surface area contributed by atoms with Gasteiger partial charge in [-0.1, -0.05) is 43.0 Å². The zero-order valence-corrected chi connectivity index (χ0v) is 17.2. The Morgan fingerprint density at radius 2 is 1.91 bits per heavy atom. The lowest BCUT2D eigenvalue weighted by Crippen LogP contribution is -2.15. The van der Waals surface area contributed by atoms with Crippen molar-refractivity contribution in [3.63, 3.8) is 0 Å². The van der Waals surface area contributed by atoms with E-state index in [0.717, 1.165) is 12.1 Å². The molecule has 0 atom stereocenters. The predicted molar refractivity (Wildman–Crippen MR) is 119 cm³/mol. The molecule has 0 unspecified atom stereocenters. The van der Waals surface area contributed by atoms with Crippen LogP contribution in [0.25, 0.3) is 5.57 Å². The number of nitrogens with one attached hydrogen (secondary N) is 1. The molecule has 166 valence electrons. The van der Waals surface area contributed by atoms with Crippen molar-refractivity contribution in [3.8, 4) is 11.5 Å². The van der Waals surface area contributed by atoms with E-state index in [4.69, 9.17) is 5.11 Å². The molecule has 2 rings (SSSR count). The molecule has 32 heavy (non-hydrogen) atoms. The number of phenolic OH excluding ortho intramolecular Hbond substituents is 2. The number of nitrogens with zero attached hydrogens (tertiary/aromatic N) is 1. The van der Waals surface area contributed by atoms with Crippen molar-refractivity contribution >= 4 is 28.8 Å². The van der Waals surface area contributed by atoms with Crippen molar-refractivity contribution in [2.75, 3.05) is 5.32 Å². The van der Waals surface area contributed by atoms with Gasteiger partial charge in [0, 0.05) is 17.3 Å². The third-order valence-electron chi connectivity index (χ3n) is 4.49. The van der Waals surface area contributed by atoms with E-state index < -0.39 is 34.0 Å². The van der Waals surface area contributed by atoms with E-state index in [-0.39, 0.29) is 18.4 Å². The number of carboxylic acids is 1. The van der Waals surface area contributed by atoms with Crippen molar-refractivity contribution in [2.45, 2.75) is 19.8 Å². The molecule has 9 nitrogen and oxygen atoms in total. The highest BCUT2D eigenvalue weighted by Gasteiger charge is 2.20. The van der Waals surface area contributed by atoms with Gasteiger partial charge in [0.25, 0.3) is 0 Å². The van der Waals surface area contributed by atoms with Crippen molar-refractivity contribution in [2.24, 2.45) is 0 Å². The first kappa shape index (κ1) is 23.9. The van der Waals surface area contributed by atoms with Crippen LogP contribution in [0.1, 0.15) is 24.5 Å². The second kappa shape index (κ2) is 10.6. The molecule has 0 bridgehead atoms. The lowest BCUT2D eigenvalue weighted by molar-refractivity contribution is -0.386. The summed E-state index contributed by atoms with van der Waals surface area (Å²) in [5.74, 6) is -3.06. The van der Waals surface area contributed by atoms with E-state index in [1.54, 1.807) is 43.3 Å². The maximum atomic E-state index is 12.6. The number of allylic oxidation sites excluding steroid dienone is 4. The van der Waals surface area contributed by atoms with Crippen LogP contribution in [0.4, 0.5) is 11.4 Å². The van der Waals surface area contributed by atoms with Crippen LogP contribution in [0.5, 0.6) is 11.5 Å². The molecule has 2 aromatic carbocycles. The number of hydrogen-bond donors (Lipinski definition) is 4.